The van der Waals surface area contributed by atoms with Crippen molar-refractivity contribution in [2.45, 2.75) is 25.2 Å². The molecule has 108 valence electrons. The average molecular weight is 316 g/mol. The normalized spacial score (nSPS) is 20.5. The fourth-order valence-electron chi connectivity index (χ4n) is 2.22. The van der Waals surface area contributed by atoms with Gasteiger partial charge in [-0.25, -0.2) is 0 Å². The third-order valence-corrected chi connectivity index (χ3v) is 4.21. The molecule has 1 fully saturated rings. The molecule has 2 N–H and O–H groups in total. The Balaban J connectivity index is 1.83. The quantitative estimate of drug-likeness (QED) is 0.793. The van der Waals surface area contributed by atoms with Gasteiger partial charge in [-0.15, -0.1) is 0 Å². The van der Waals surface area contributed by atoms with Gasteiger partial charge in [-0.3, -0.25) is 9.59 Å². The molecule has 20 heavy (non-hydrogen) atoms. The van der Waals surface area contributed by atoms with Gasteiger partial charge >= 0.3 is 5.97 Å². The number of hydrogen-bond donors (Lipinski definition) is 2. The Morgan fingerprint density at radius 2 is 2.10 bits per heavy atom. The van der Waals surface area contributed by atoms with Crippen LogP contribution in [0.5, 0.6) is 0 Å². The van der Waals surface area contributed by atoms with Crippen LogP contribution >= 0.6 is 23.2 Å². The number of carboxylic acid groups (broad SMARTS) is 1. The van der Waals surface area contributed by atoms with Gasteiger partial charge in [-0.1, -0.05) is 35.3 Å². The van der Waals surface area contributed by atoms with Gasteiger partial charge < -0.3 is 10.4 Å². The molecule has 1 amide bonds. The molecule has 1 aliphatic rings. The highest BCUT2D eigenvalue weighted by molar-refractivity contribution is 6.42. The number of carbonyl (C=O) groups excluding carboxylic acids is 1. The maximum atomic E-state index is 11.9. The topological polar surface area (TPSA) is 66.4 Å². The van der Waals surface area contributed by atoms with Gasteiger partial charge in [-0.2, -0.15) is 0 Å². The summed E-state index contributed by atoms with van der Waals surface area (Å²) < 4.78 is 0. The minimum atomic E-state index is -0.853. The van der Waals surface area contributed by atoms with Crippen LogP contribution < -0.4 is 5.32 Å². The molecule has 1 aliphatic carbocycles. The van der Waals surface area contributed by atoms with E-state index in [0.29, 0.717) is 23.0 Å². The molecule has 2 rings (SSSR count). The second kappa shape index (κ2) is 6.46. The number of amides is 1. The van der Waals surface area contributed by atoms with Crippen molar-refractivity contribution in [1.82, 2.24) is 5.32 Å². The molecule has 1 saturated carbocycles. The lowest BCUT2D eigenvalue weighted by Gasteiger charge is -2.06. The monoisotopic (exact) mass is 315 g/mol. The Bertz CT molecular complexity index is 533. The molecular formula is C14H15Cl2NO3. The van der Waals surface area contributed by atoms with Crippen LogP contribution in [0.1, 0.15) is 30.7 Å². The van der Waals surface area contributed by atoms with Crippen molar-refractivity contribution in [2.24, 2.45) is 5.92 Å². The first-order chi connectivity index (χ1) is 9.50. The van der Waals surface area contributed by atoms with E-state index in [0.717, 1.165) is 12.0 Å². The first-order valence-electron chi connectivity index (χ1n) is 6.44. The molecule has 1 aromatic carbocycles. The summed E-state index contributed by atoms with van der Waals surface area (Å²) >= 11 is 12.1. The predicted octanol–water partition coefficient (Wildman–Crippen LogP) is 3.08. The highest BCUT2D eigenvalue weighted by Crippen LogP contribution is 2.50. The van der Waals surface area contributed by atoms with Crippen molar-refractivity contribution in [3.8, 4) is 0 Å². The summed E-state index contributed by atoms with van der Waals surface area (Å²) in [5, 5.41) is 12.3. The molecular weight excluding hydrogens is 301 g/mol. The Hall–Kier alpha value is -1.26. The SMILES string of the molecule is O=C(O)CCCNC(=O)[C@H]1C[C@@H]1c1cccc(Cl)c1Cl. The molecule has 1 aromatic rings. The highest BCUT2D eigenvalue weighted by Gasteiger charge is 2.44. The van der Waals surface area contributed by atoms with Gasteiger partial charge in [0.2, 0.25) is 5.91 Å². The van der Waals surface area contributed by atoms with Crippen molar-refractivity contribution in [3.05, 3.63) is 33.8 Å². The van der Waals surface area contributed by atoms with Crippen molar-refractivity contribution in [2.75, 3.05) is 6.54 Å². The van der Waals surface area contributed by atoms with E-state index >= 15 is 0 Å². The Morgan fingerprint density at radius 1 is 1.35 bits per heavy atom. The summed E-state index contributed by atoms with van der Waals surface area (Å²) in [5.41, 5.74) is 0.907. The maximum Gasteiger partial charge on any atom is 0.303 e. The molecule has 6 heteroatoms. The standard InChI is InChI=1S/C14H15Cl2NO3/c15-11-4-1-3-8(13(11)16)9-7-10(9)14(20)17-6-2-5-12(18)19/h1,3-4,9-10H,2,5-7H2,(H,17,20)(H,18,19)/t9-,10+/m1/s1. The summed E-state index contributed by atoms with van der Waals surface area (Å²) in [5.74, 6) is -0.873. The lowest BCUT2D eigenvalue weighted by atomic mass is 10.1. The van der Waals surface area contributed by atoms with Gasteiger partial charge in [0, 0.05) is 18.9 Å². The van der Waals surface area contributed by atoms with Crippen LogP contribution in [0.4, 0.5) is 0 Å². The van der Waals surface area contributed by atoms with E-state index in [4.69, 9.17) is 28.3 Å². The smallest absolute Gasteiger partial charge is 0.303 e. The van der Waals surface area contributed by atoms with Crippen LogP contribution in [0, 0.1) is 5.92 Å². The number of carbonyl (C=O) groups is 2. The van der Waals surface area contributed by atoms with Crippen molar-refractivity contribution in [1.29, 1.82) is 0 Å². The van der Waals surface area contributed by atoms with Crippen LogP contribution in [0.15, 0.2) is 18.2 Å². The van der Waals surface area contributed by atoms with Gasteiger partial charge in [0.25, 0.3) is 0 Å². The van der Waals surface area contributed by atoms with Gasteiger partial charge in [0.1, 0.15) is 0 Å². The highest BCUT2D eigenvalue weighted by atomic mass is 35.5. The Kier molecular flexibility index (Phi) is 4.89. The number of hydrogen-bond acceptors (Lipinski definition) is 2. The van der Waals surface area contributed by atoms with E-state index in [9.17, 15) is 9.59 Å². The maximum absolute atomic E-state index is 11.9. The minimum absolute atomic E-state index is 0.0450. The number of rotatable bonds is 6. The molecule has 0 bridgehead atoms. The van der Waals surface area contributed by atoms with Gasteiger partial charge in [0.05, 0.1) is 10.0 Å². The van der Waals surface area contributed by atoms with Crippen molar-refractivity contribution in [3.63, 3.8) is 0 Å². The third kappa shape index (κ3) is 3.64. The van der Waals surface area contributed by atoms with Gasteiger partial charge in [-0.05, 0) is 30.4 Å². The second-order valence-electron chi connectivity index (χ2n) is 4.88. The minimum Gasteiger partial charge on any atom is -0.481 e. The molecule has 0 saturated heterocycles. The van der Waals surface area contributed by atoms with E-state index in [1.165, 1.54) is 0 Å². The molecule has 0 radical (unpaired) electrons. The number of carboxylic acids is 1. The zero-order chi connectivity index (χ0) is 14.7. The Morgan fingerprint density at radius 3 is 2.80 bits per heavy atom. The first-order valence-corrected chi connectivity index (χ1v) is 7.19. The van der Waals surface area contributed by atoms with E-state index < -0.39 is 5.97 Å². The van der Waals surface area contributed by atoms with Crippen LogP contribution in [-0.2, 0) is 9.59 Å². The van der Waals surface area contributed by atoms with Crippen LogP contribution in [-0.4, -0.2) is 23.5 Å². The summed E-state index contributed by atoms with van der Waals surface area (Å²) in [6.45, 7) is 0.387. The molecule has 0 aliphatic heterocycles. The van der Waals surface area contributed by atoms with Gasteiger partial charge in [0.15, 0.2) is 0 Å². The molecule has 0 unspecified atom stereocenters. The summed E-state index contributed by atoms with van der Waals surface area (Å²) in [6.07, 6.45) is 1.26. The predicted molar refractivity (Wildman–Crippen MR) is 77.2 cm³/mol. The average Bonchev–Trinajstić information content (AvgIpc) is 3.17. The van der Waals surface area contributed by atoms with E-state index in [1.54, 1.807) is 6.07 Å². The van der Waals surface area contributed by atoms with E-state index in [2.05, 4.69) is 5.32 Å². The second-order valence-corrected chi connectivity index (χ2v) is 5.67. The molecule has 2 atom stereocenters. The first kappa shape index (κ1) is 15.1. The lowest BCUT2D eigenvalue weighted by Crippen LogP contribution is -2.26. The van der Waals surface area contributed by atoms with Crippen LogP contribution in [0.3, 0.4) is 0 Å². The molecule has 0 aromatic heterocycles. The number of aliphatic carboxylic acids is 1. The fourth-order valence-corrected chi connectivity index (χ4v) is 2.67. The summed E-state index contributed by atoms with van der Waals surface area (Å²) in [4.78, 5) is 22.3. The summed E-state index contributed by atoms with van der Waals surface area (Å²) in [7, 11) is 0. The molecule has 4 nitrogen and oxygen atoms in total. The number of nitrogens with one attached hydrogen (secondary N) is 1. The zero-order valence-electron chi connectivity index (χ0n) is 10.7. The summed E-state index contributed by atoms with van der Waals surface area (Å²) in [6, 6.07) is 5.43. The van der Waals surface area contributed by atoms with Crippen molar-refractivity contribution < 1.29 is 14.7 Å². The van der Waals surface area contributed by atoms with Crippen LogP contribution in [0.25, 0.3) is 0 Å². The van der Waals surface area contributed by atoms with E-state index in [1.807, 2.05) is 12.1 Å². The largest absolute Gasteiger partial charge is 0.481 e. The zero-order valence-corrected chi connectivity index (χ0v) is 12.2. The number of benzene rings is 1. The molecule has 0 spiro atoms. The Labute approximate surface area is 127 Å². The third-order valence-electron chi connectivity index (χ3n) is 3.37. The molecule has 0 heterocycles. The van der Waals surface area contributed by atoms with Crippen LogP contribution in [0.2, 0.25) is 10.0 Å². The van der Waals surface area contributed by atoms with E-state index in [-0.39, 0.29) is 24.2 Å². The van der Waals surface area contributed by atoms with Crippen molar-refractivity contribution >= 4 is 35.1 Å². The fraction of sp³-hybridized carbons (Fsp3) is 0.429. The lowest BCUT2D eigenvalue weighted by molar-refractivity contribution is -0.137. The number of halogens is 2.